The minimum atomic E-state index is -0.464. The Kier molecular flexibility index (Phi) is 5.91. The van der Waals surface area contributed by atoms with Crippen LogP contribution in [0.5, 0.6) is 11.5 Å². The first kappa shape index (κ1) is 21.9. The van der Waals surface area contributed by atoms with E-state index in [1.165, 1.54) is 11.3 Å². The van der Waals surface area contributed by atoms with E-state index in [0.29, 0.717) is 32.4 Å². The van der Waals surface area contributed by atoms with Crippen LogP contribution in [0.2, 0.25) is 5.02 Å². The number of anilines is 1. The Labute approximate surface area is 202 Å². The van der Waals surface area contributed by atoms with Crippen LogP contribution < -0.4 is 20.2 Å². The summed E-state index contributed by atoms with van der Waals surface area (Å²) < 4.78 is 17.9. The normalized spacial score (nSPS) is 11.0. The summed E-state index contributed by atoms with van der Waals surface area (Å²) in [5.41, 5.74) is 1.35. The van der Waals surface area contributed by atoms with Gasteiger partial charge in [-0.25, -0.2) is 4.98 Å². The van der Waals surface area contributed by atoms with Gasteiger partial charge in [0.15, 0.2) is 17.5 Å². The molecule has 1 N–H and O–H groups in total. The van der Waals surface area contributed by atoms with Crippen molar-refractivity contribution < 1.29 is 18.7 Å². The van der Waals surface area contributed by atoms with Crippen LogP contribution in [0.4, 0.5) is 5.13 Å². The minimum Gasteiger partial charge on any atom is -0.497 e. The maximum Gasteiger partial charge on any atom is 0.264 e. The van der Waals surface area contributed by atoms with E-state index in [0.717, 1.165) is 10.2 Å². The molecule has 0 fully saturated rings. The Bertz CT molecular complexity index is 1590. The number of para-hydroxylation sites is 1. The number of hydrogen-bond donors (Lipinski definition) is 1. The molecule has 0 atom stereocenters. The molecule has 2 aromatic heterocycles. The topological polar surface area (TPSA) is 90.7 Å². The van der Waals surface area contributed by atoms with E-state index in [2.05, 4.69) is 10.3 Å². The van der Waals surface area contributed by atoms with Crippen molar-refractivity contribution in [1.82, 2.24) is 4.98 Å². The summed E-state index contributed by atoms with van der Waals surface area (Å²) in [6.45, 7) is -0.406. The summed E-state index contributed by atoms with van der Waals surface area (Å²) in [6, 6.07) is 19.2. The van der Waals surface area contributed by atoms with Crippen molar-refractivity contribution in [3.63, 3.8) is 0 Å². The highest BCUT2D eigenvalue weighted by Crippen LogP contribution is 2.33. The van der Waals surface area contributed by atoms with Gasteiger partial charge in [-0.15, -0.1) is 0 Å². The zero-order valence-electron chi connectivity index (χ0n) is 17.8. The number of amides is 1. The predicted octanol–water partition coefficient (Wildman–Crippen LogP) is 5.75. The standard InChI is InChI=1S/C25H17ClN2O5S/c1-31-16-6-4-5-14(11-16)23-24(22(30)17-7-2-3-8-19(17)33-23)32-13-21(29)28-25-27-18-10-9-15(26)12-20(18)34-25/h2-12H,13H2,1H3,(H,27,28,29). The molecular formula is C25H17ClN2O5S. The fourth-order valence-corrected chi connectivity index (χ4v) is 4.61. The molecule has 1 amide bonds. The molecule has 0 radical (unpaired) electrons. The molecule has 0 aliphatic carbocycles. The van der Waals surface area contributed by atoms with Crippen molar-refractivity contribution >= 4 is 55.2 Å². The zero-order valence-corrected chi connectivity index (χ0v) is 19.4. The first-order valence-corrected chi connectivity index (χ1v) is 11.4. The highest BCUT2D eigenvalue weighted by molar-refractivity contribution is 7.22. The monoisotopic (exact) mass is 492 g/mol. The maximum atomic E-state index is 13.2. The minimum absolute atomic E-state index is 0.0572. The van der Waals surface area contributed by atoms with E-state index in [-0.39, 0.29) is 16.9 Å². The van der Waals surface area contributed by atoms with Crippen LogP contribution in [0.3, 0.4) is 0 Å². The molecule has 0 bridgehead atoms. The number of thiazole rings is 1. The van der Waals surface area contributed by atoms with Gasteiger partial charge >= 0.3 is 0 Å². The Morgan fingerprint density at radius 1 is 1.12 bits per heavy atom. The van der Waals surface area contributed by atoms with Gasteiger partial charge in [0.05, 0.1) is 22.7 Å². The molecular weight excluding hydrogens is 476 g/mol. The Morgan fingerprint density at radius 3 is 2.82 bits per heavy atom. The van der Waals surface area contributed by atoms with E-state index in [4.69, 9.17) is 25.5 Å². The van der Waals surface area contributed by atoms with Gasteiger partial charge in [0.1, 0.15) is 11.3 Å². The molecule has 0 aliphatic heterocycles. The lowest BCUT2D eigenvalue weighted by Crippen LogP contribution is -2.22. The maximum absolute atomic E-state index is 13.2. The summed E-state index contributed by atoms with van der Waals surface area (Å²) in [5.74, 6) is 0.283. The van der Waals surface area contributed by atoms with Crippen molar-refractivity contribution in [3.05, 3.63) is 82.0 Å². The van der Waals surface area contributed by atoms with Gasteiger partial charge in [0.25, 0.3) is 5.91 Å². The number of benzene rings is 3. The van der Waals surface area contributed by atoms with E-state index in [1.54, 1.807) is 73.8 Å². The first-order valence-electron chi connectivity index (χ1n) is 10.2. The van der Waals surface area contributed by atoms with Gasteiger partial charge in [-0.3, -0.25) is 14.9 Å². The Morgan fingerprint density at radius 2 is 1.97 bits per heavy atom. The van der Waals surface area contributed by atoms with Crippen molar-refractivity contribution in [1.29, 1.82) is 0 Å². The summed E-state index contributed by atoms with van der Waals surface area (Å²) in [4.78, 5) is 30.2. The van der Waals surface area contributed by atoms with Crippen LogP contribution in [-0.2, 0) is 4.79 Å². The number of carbonyl (C=O) groups is 1. The lowest BCUT2D eigenvalue weighted by atomic mass is 10.1. The molecule has 0 unspecified atom stereocenters. The fourth-order valence-electron chi connectivity index (χ4n) is 3.46. The molecule has 2 heterocycles. The fraction of sp³-hybridized carbons (Fsp3) is 0.0800. The second-order valence-corrected chi connectivity index (χ2v) is 8.75. The molecule has 170 valence electrons. The SMILES string of the molecule is COc1cccc(-c2oc3ccccc3c(=O)c2OCC(=O)Nc2nc3ccc(Cl)cc3s2)c1. The number of methoxy groups -OCH3 is 1. The van der Waals surface area contributed by atoms with Crippen molar-refractivity contribution in [2.24, 2.45) is 0 Å². The number of fused-ring (bicyclic) bond motifs is 2. The zero-order chi connectivity index (χ0) is 23.7. The van der Waals surface area contributed by atoms with Crippen LogP contribution in [0, 0.1) is 0 Å². The number of aromatic nitrogens is 1. The molecule has 5 aromatic rings. The molecule has 0 saturated heterocycles. The van der Waals surface area contributed by atoms with Crippen molar-refractivity contribution in [2.75, 3.05) is 19.0 Å². The van der Waals surface area contributed by atoms with Gasteiger partial charge in [0.2, 0.25) is 11.2 Å². The molecule has 0 spiro atoms. The van der Waals surface area contributed by atoms with Gasteiger partial charge in [0, 0.05) is 10.6 Å². The van der Waals surface area contributed by atoms with Crippen LogP contribution in [0.15, 0.2) is 75.9 Å². The lowest BCUT2D eigenvalue weighted by Gasteiger charge is -2.12. The van der Waals surface area contributed by atoms with E-state index >= 15 is 0 Å². The third-order valence-electron chi connectivity index (χ3n) is 5.03. The van der Waals surface area contributed by atoms with Crippen molar-refractivity contribution in [3.8, 4) is 22.8 Å². The van der Waals surface area contributed by atoms with Gasteiger partial charge in [-0.1, -0.05) is 47.2 Å². The number of carbonyl (C=O) groups excluding carboxylic acids is 1. The van der Waals surface area contributed by atoms with Crippen LogP contribution in [0.25, 0.3) is 32.5 Å². The van der Waals surface area contributed by atoms with Gasteiger partial charge in [-0.05, 0) is 42.5 Å². The molecule has 34 heavy (non-hydrogen) atoms. The van der Waals surface area contributed by atoms with E-state index in [9.17, 15) is 9.59 Å². The van der Waals surface area contributed by atoms with Crippen LogP contribution in [0.1, 0.15) is 0 Å². The average Bonchev–Trinajstić information content (AvgIpc) is 3.24. The highest BCUT2D eigenvalue weighted by atomic mass is 35.5. The van der Waals surface area contributed by atoms with Crippen LogP contribution in [-0.4, -0.2) is 24.6 Å². The van der Waals surface area contributed by atoms with Gasteiger partial charge in [-0.2, -0.15) is 0 Å². The number of halogens is 1. The average molecular weight is 493 g/mol. The summed E-state index contributed by atoms with van der Waals surface area (Å²) in [5, 5.41) is 4.05. The lowest BCUT2D eigenvalue weighted by molar-refractivity contribution is -0.118. The third kappa shape index (κ3) is 4.33. The molecule has 0 aliphatic rings. The summed E-state index contributed by atoms with van der Waals surface area (Å²) >= 11 is 7.31. The third-order valence-corrected chi connectivity index (χ3v) is 6.20. The molecule has 7 nitrogen and oxygen atoms in total. The second kappa shape index (κ2) is 9.17. The second-order valence-electron chi connectivity index (χ2n) is 7.29. The molecule has 5 rings (SSSR count). The highest BCUT2D eigenvalue weighted by Gasteiger charge is 2.19. The number of nitrogens with zero attached hydrogens (tertiary/aromatic N) is 1. The molecule has 0 saturated carbocycles. The number of rotatable bonds is 6. The van der Waals surface area contributed by atoms with Gasteiger partial charge < -0.3 is 13.9 Å². The van der Waals surface area contributed by atoms with E-state index < -0.39 is 12.5 Å². The Balaban J connectivity index is 1.45. The smallest absolute Gasteiger partial charge is 0.264 e. The quantitative estimate of drug-likeness (QED) is 0.324. The van der Waals surface area contributed by atoms with Crippen molar-refractivity contribution in [2.45, 2.75) is 0 Å². The number of nitrogens with one attached hydrogen (secondary N) is 1. The van der Waals surface area contributed by atoms with Crippen LogP contribution >= 0.6 is 22.9 Å². The largest absolute Gasteiger partial charge is 0.497 e. The predicted molar refractivity (Wildman–Crippen MR) is 133 cm³/mol. The molecule has 9 heteroatoms. The molecule has 3 aromatic carbocycles. The van der Waals surface area contributed by atoms with E-state index in [1.807, 2.05) is 0 Å². The Hall–Kier alpha value is -3.88. The summed E-state index contributed by atoms with van der Waals surface area (Å²) in [7, 11) is 1.55. The number of ether oxygens (including phenoxy) is 2. The number of hydrogen-bond acceptors (Lipinski definition) is 7. The summed E-state index contributed by atoms with van der Waals surface area (Å²) in [6.07, 6.45) is 0. The first-order chi connectivity index (χ1) is 16.5.